The highest BCUT2D eigenvalue weighted by atomic mass is 32.2. The third kappa shape index (κ3) is 2.21. The van der Waals surface area contributed by atoms with E-state index < -0.39 is 21.9 Å². The van der Waals surface area contributed by atoms with Crippen LogP contribution in [0, 0.1) is 5.82 Å². The monoisotopic (exact) mass is 274 g/mol. The highest BCUT2D eigenvalue weighted by Crippen LogP contribution is 2.27. The summed E-state index contributed by atoms with van der Waals surface area (Å²) < 4.78 is 38.9. The van der Waals surface area contributed by atoms with Crippen LogP contribution in [0.2, 0.25) is 0 Å². The lowest BCUT2D eigenvalue weighted by atomic mass is 10.2. The Morgan fingerprint density at radius 1 is 1.50 bits per heavy atom. The van der Waals surface area contributed by atoms with Gasteiger partial charge in [-0.15, -0.1) is 0 Å². The molecular weight excluding hydrogens is 259 g/mol. The van der Waals surface area contributed by atoms with Crippen LogP contribution < -0.4 is 5.73 Å². The number of aliphatic hydroxyl groups excluding tert-OH is 1. The molecule has 0 amide bonds. The number of hydrogen-bond donors (Lipinski definition) is 2. The standard InChI is InChI=1S/C11H15FN2O3S/c12-10-4-3-9(6-11(10)13)18(16,17)14-5-1-2-8(14)7-15/h3-4,6,8,15H,1-2,5,7,13H2/t8-/m0/s1. The van der Waals surface area contributed by atoms with Crippen LogP contribution in [-0.2, 0) is 10.0 Å². The van der Waals surface area contributed by atoms with Gasteiger partial charge in [0.05, 0.1) is 17.2 Å². The molecule has 0 aliphatic carbocycles. The number of hydrogen-bond acceptors (Lipinski definition) is 4. The Balaban J connectivity index is 2.38. The van der Waals surface area contributed by atoms with E-state index in [1.165, 1.54) is 10.4 Å². The number of rotatable bonds is 3. The molecule has 1 saturated heterocycles. The van der Waals surface area contributed by atoms with E-state index in [9.17, 15) is 12.8 Å². The molecule has 2 rings (SSSR count). The van der Waals surface area contributed by atoms with E-state index in [0.29, 0.717) is 19.4 Å². The van der Waals surface area contributed by atoms with E-state index in [4.69, 9.17) is 10.8 Å². The molecule has 0 aromatic heterocycles. The van der Waals surface area contributed by atoms with Crippen molar-refractivity contribution in [2.75, 3.05) is 18.9 Å². The summed E-state index contributed by atoms with van der Waals surface area (Å²) in [6.45, 7) is 0.154. The average molecular weight is 274 g/mol. The van der Waals surface area contributed by atoms with Crippen molar-refractivity contribution in [1.29, 1.82) is 0 Å². The largest absolute Gasteiger partial charge is 0.396 e. The minimum absolute atomic E-state index is 0.0400. The summed E-state index contributed by atoms with van der Waals surface area (Å²) in [5, 5.41) is 9.15. The normalized spacial score (nSPS) is 21.3. The summed E-state index contributed by atoms with van der Waals surface area (Å²) >= 11 is 0. The van der Waals surface area contributed by atoms with Crippen molar-refractivity contribution in [1.82, 2.24) is 4.31 Å². The van der Waals surface area contributed by atoms with Crippen LogP contribution in [0.1, 0.15) is 12.8 Å². The molecule has 0 unspecified atom stereocenters. The Hall–Kier alpha value is -1.18. The van der Waals surface area contributed by atoms with Crippen LogP contribution in [0.15, 0.2) is 23.1 Å². The summed E-state index contributed by atoms with van der Waals surface area (Å²) in [5.74, 6) is -0.644. The van der Waals surface area contributed by atoms with E-state index in [1.807, 2.05) is 0 Å². The topological polar surface area (TPSA) is 83.6 Å². The number of sulfonamides is 1. The molecule has 18 heavy (non-hydrogen) atoms. The molecule has 1 aliphatic rings. The first-order valence-corrected chi connectivity index (χ1v) is 7.08. The lowest BCUT2D eigenvalue weighted by Gasteiger charge is -2.22. The van der Waals surface area contributed by atoms with Gasteiger partial charge in [0, 0.05) is 12.6 Å². The van der Waals surface area contributed by atoms with Gasteiger partial charge in [-0.3, -0.25) is 0 Å². The number of nitrogens with two attached hydrogens (primary N) is 1. The Morgan fingerprint density at radius 2 is 2.22 bits per heavy atom. The Labute approximate surface area is 105 Å². The SMILES string of the molecule is Nc1cc(S(=O)(=O)N2CCC[C@H]2CO)ccc1F. The summed E-state index contributed by atoms with van der Waals surface area (Å²) in [5.41, 5.74) is 5.18. The second-order valence-electron chi connectivity index (χ2n) is 4.28. The van der Waals surface area contributed by atoms with Gasteiger partial charge in [-0.25, -0.2) is 12.8 Å². The van der Waals surface area contributed by atoms with Gasteiger partial charge in [-0.1, -0.05) is 0 Å². The van der Waals surface area contributed by atoms with E-state index in [-0.39, 0.29) is 17.2 Å². The van der Waals surface area contributed by atoms with Gasteiger partial charge >= 0.3 is 0 Å². The molecule has 0 radical (unpaired) electrons. The third-order valence-corrected chi connectivity index (χ3v) is 5.06. The van der Waals surface area contributed by atoms with Crippen LogP contribution in [0.4, 0.5) is 10.1 Å². The number of aliphatic hydroxyl groups is 1. The first kappa shape index (κ1) is 13.3. The van der Waals surface area contributed by atoms with Crippen LogP contribution >= 0.6 is 0 Å². The van der Waals surface area contributed by atoms with E-state index in [1.54, 1.807) is 0 Å². The van der Waals surface area contributed by atoms with Crippen LogP contribution in [0.25, 0.3) is 0 Å². The summed E-state index contributed by atoms with van der Waals surface area (Å²) in [6.07, 6.45) is 1.34. The minimum Gasteiger partial charge on any atom is -0.396 e. The lowest BCUT2D eigenvalue weighted by molar-refractivity contribution is 0.213. The van der Waals surface area contributed by atoms with E-state index >= 15 is 0 Å². The third-order valence-electron chi connectivity index (χ3n) is 3.11. The maximum Gasteiger partial charge on any atom is 0.243 e. The fraction of sp³-hybridized carbons (Fsp3) is 0.455. The fourth-order valence-corrected chi connectivity index (χ4v) is 3.85. The van der Waals surface area contributed by atoms with E-state index in [2.05, 4.69) is 0 Å². The van der Waals surface area contributed by atoms with Gasteiger partial charge in [0.25, 0.3) is 0 Å². The van der Waals surface area contributed by atoms with Crippen molar-refractivity contribution < 1.29 is 17.9 Å². The smallest absolute Gasteiger partial charge is 0.243 e. The van der Waals surface area contributed by atoms with Gasteiger partial charge in [0.15, 0.2) is 0 Å². The van der Waals surface area contributed by atoms with Crippen molar-refractivity contribution in [3.8, 4) is 0 Å². The zero-order chi connectivity index (χ0) is 13.3. The summed E-state index contributed by atoms with van der Waals surface area (Å²) in [4.78, 5) is -0.0400. The number of anilines is 1. The van der Waals surface area contributed by atoms with Gasteiger partial charge in [-0.05, 0) is 31.0 Å². The molecule has 1 aromatic rings. The molecule has 0 saturated carbocycles. The first-order chi connectivity index (χ1) is 8.46. The molecular formula is C11H15FN2O3S. The zero-order valence-corrected chi connectivity index (χ0v) is 10.5. The molecule has 1 fully saturated rings. The Morgan fingerprint density at radius 3 is 2.83 bits per heavy atom. The van der Waals surface area contributed by atoms with Gasteiger partial charge in [0.1, 0.15) is 5.82 Å². The second-order valence-corrected chi connectivity index (χ2v) is 6.17. The van der Waals surface area contributed by atoms with Crippen molar-refractivity contribution in [2.24, 2.45) is 0 Å². The molecule has 1 aliphatic heterocycles. The predicted octanol–water partition coefficient (Wildman–Crippen LogP) is 0.553. The minimum atomic E-state index is -3.71. The molecule has 100 valence electrons. The maximum absolute atomic E-state index is 13.0. The van der Waals surface area contributed by atoms with Crippen molar-refractivity contribution in [2.45, 2.75) is 23.8 Å². The number of nitrogens with zero attached hydrogens (tertiary/aromatic N) is 1. The average Bonchev–Trinajstić information content (AvgIpc) is 2.81. The molecule has 0 spiro atoms. The molecule has 1 aromatic carbocycles. The van der Waals surface area contributed by atoms with Gasteiger partial charge < -0.3 is 10.8 Å². The van der Waals surface area contributed by atoms with Crippen molar-refractivity contribution >= 4 is 15.7 Å². The highest BCUT2D eigenvalue weighted by Gasteiger charge is 2.34. The summed E-state index contributed by atoms with van der Waals surface area (Å²) in [7, 11) is -3.71. The molecule has 7 heteroatoms. The number of nitrogen functional groups attached to an aromatic ring is 1. The van der Waals surface area contributed by atoms with Crippen LogP contribution in [-0.4, -0.2) is 37.0 Å². The van der Waals surface area contributed by atoms with Gasteiger partial charge in [-0.2, -0.15) is 4.31 Å². The van der Waals surface area contributed by atoms with Crippen molar-refractivity contribution in [3.63, 3.8) is 0 Å². The summed E-state index contributed by atoms with van der Waals surface area (Å²) in [6, 6.07) is 2.93. The number of halogens is 1. The van der Waals surface area contributed by atoms with E-state index in [0.717, 1.165) is 12.1 Å². The molecule has 3 N–H and O–H groups in total. The van der Waals surface area contributed by atoms with Crippen LogP contribution in [0.3, 0.4) is 0 Å². The zero-order valence-electron chi connectivity index (χ0n) is 9.71. The quantitative estimate of drug-likeness (QED) is 0.789. The predicted molar refractivity (Wildman–Crippen MR) is 64.8 cm³/mol. The molecule has 0 bridgehead atoms. The van der Waals surface area contributed by atoms with Crippen LogP contribution in [0.5, 0.6) is 0 Å². The second kappa shape index (κ2) is 4.83. The molecule has 1 heterocycles. The Bertz CT molecular complexity index is 547. The maximum atomic E-state index is 13.0. The highest BCUT2D eigenvalue weighted by molar-refractivity contribution is 7.89. The Kier molecular flexibility index (Phi) is 3.56. The fourth-order valence-electron chi connectivity index (χ4n) is 2.13. The first-order valence-electron chi connectivity index (χ1n) is 5.64. The molecule has 1 atom stereocenters. The van der Waals surface area contributed by atoms with Crippen molar-refractivity contribution in [3.05, 3.63) is 24.0 Å². The van der Waals surface area contributed by atoms with Gasteiger partial charge in [0.2, 0.25) is 10.0 Å². The lowest BCUT2D eigenvalue weighted by Crippen LogP contribution is -2.37. The number of benzene rings is 1. The molecule has 5 nitrogen and oxygen atoms in total.